The second-order valence-corrected chi connectivity index (χ2v) is 8.02. The zero-order chi connectivity index (χ0) is 22.2. The Morgan fingerprint density at radius 2 is 1.81 bits per heavy atom. The van der Waals surface area contributed by atoms with E-state index in [1.54, 1.807) is 17.0 Å². The number of hydrogen-bond acceptors (Lipinski definition) is 6. The number of fused-ring (bicyclic) bond motifs is 1. The quantitative estimate of drug-likeness (QED) is 0.625. The first-order valence-electron chi connectivity index (χ1n) is 10.4. The highest BCUT2D eigenvalue weighted by Gasteiger charge is 2.30. The van der Waals surface area contributed by atoms with E-state index in [2.05, 4.69) is 9.97 Å². The van der Waals surface area contributed by atoms with Gasteiger partial charge in [0.1, 0.15) is 11.6 Å². The number of hydrogen-bond donors (Lipinski definition) is 0. The zero-order valence-corrected chi connectivity index (χ0v) is 17.1. The number of benzene rings is 1. The molecule has 0 spiro atoms. The third-order valence-corrected chi connectivity index (χ3v) is 5.96. The van der Waals surface area contributed by atoms with E-state index in [0.29, 0.717) is 61.1 Å². The molecule has 1 amide bonds. The van der Waals surface area contributed by atoms with E-state index in [1.807, 2.05) is 4.90 Å². The number of rotatable bonds is 3. The molecule has 0 saturated carbocycles. The van der Waals surface area contributed by atoms with Gasteiger partial charge in [-0.25, -0.2) is 18.7 Å². The fraction of sp³-hybridized carbons (Fsp3) is 0.304. The summed E-state index contributed by atoms with van der Waals surface area (Å²) in [6, 6.07) is 6.67. The molecule has 1 aromatic carbocycles. The second kappa shape index (κ2) is 8.14. The Hall–Kier alpha value is -3.62. The van der Waals surface area contributed by atoms with Crippen molar-refractivity contribution in [1.82, 2.24) is 14.9 Å². The molecule has 0 radical (unpaired) electrons. The first-order valence-corrected chi connectivity index (χ1v) is 10.4. The van der Waals surface area contributed by atoms with Crippen LogP contribution in [0.4, 0.5) is 14.7 Å². The van der Waals surface area contributed by atoms with Crippen molar-refractivity contribution in [2.24, 2.45) is 0 Å². The van der Waals surface area contributed by atoms with E-state index < -0.39 is 11.6 Å². The number of piperazine rings is 1. The Morgan fingerprint density at radius 3 is 2.50 bits per heavy atom. The van der Waals surface area contributed by atoms with Gasteiger partial charge >= 0.3 is 0 Å². The number of amides is 1. The molecule has 1 unspecified atom stereocenters. The summed E-state index contributed by atoms with van der Waals surface area (Å²) in [4.78, 5) is 37.7. The molecule has 1 fully saturated rings. The summed E-state index contributed by atoms with van der Waals surface area (Å²) >= 11 is 0. The lowest BCUT2D eigenvalue weighted by molar-refractivity contribution is 0.0714. The van der Waals surface area contributed by atoms with Gasteiger partial charge < -0.3 is 14.2 Å². The maximum atomic E-state index is 13.7. The highest BCUT2D eigenvalue weighted by molar-refractivity contribution is 5.98. The molecule has 32 heavy (non-hydrogen) atoms. The highest BCUT2D eigenvalue weighted by atomic mass is 19.1. The molecule has 5 rings (SSSR count). The van der Waals surface area contributed by atoms with E-state index in [1.165, 1.54) is 24.6 Å². The zero-order valence-electron chi connectivity index (χ0n) is 17.1. The standard InChI is InChI=1S/C23H20F2N4O3/c24-16-8-14(9-17(25)12-16)15-10-19-18(20(30)11-15)13-26-23(27-19)29-5-3-28(4-6-29)22(31)21-2-1-7-32-21/h1-2,7-9,12-13,15H,3-6,10-11H2. The van der Waals surface area contributed by atoms with Crippen LogP contribution in [0.5, 0.6) is 0 Å². The molecule has 1 aliphatic carbocycles. The maximum Gasteiger partial charge on any atom is 0.289 e. The molecule has 2 aliphatic rings. The van der Waals surface area contributed by atoms with Gasteiger partial charge in [-0.15, -0.1) is 0 Å². The number of carbonyl (C=O) groups excluding carboxylic acids is 2. The molecule has 1 saturated heterocycles. The van der Waals surface area contributed by atoms with E-state index in [9.17, 15) is 18.4 Å². The number of nitrogens with zero attached hydrogens (tertiary/aromatic N) is 4. The van der Waals surface area contributed by atoms with Gasteiger partial charge in [-0.3, -0.25) is 9.59 Å². The van der Waals surface area contributed by atoms with Crippen molar-refractivity contribution in [3.8, 4) is 0 Å². The number of carbonyl (C=O) groups is 2. The third kappa shape index (κ3) is 3.86. The SMILES string of the molecule is O=C1CC(c2cc(F)cc(F)c2)Cc2nc(N3CCN(C(=O)c4ccco4)CC3)ncc21. The number of ketones is 1. The smallest absolute Gasteiger partial charge is 0.289 e. The van der Waals surface area contributed by atoms with Gasteiger partial charge in [0.2, 0.25) is 5.95 Å². The predicted molar refractivity (Wildman–Crippen MR) is 111 cm³/mol. The van der Waals surface area contributed by atoms with E-state index in [4.69, 9.17) is 4.42 Å². The third-order valence-electron chi connectivity index (χ3n) is 5.96. The number of furan rings is 1. The second-order valence-electron chi connectivity index (χ2n) is 8.02. The molecule has 0 N–H and O–H groups in total. The number of Topliss-reactive ketones (excluding diaryl/α,β-unsaturated/α-hetero) is 1. The highest BCUT2D eigenvalue weighted by Crippen LogP contribution is 2.33. The first-order chi connectivity index (χ1) is 15.5. The van der Waals surface area contributed by atoms with Crippen LogP contribution < -0.4 is 4.90 Å². The van der Waals surface area contributed by atoms with Gasteiger partial charge in [0.25, 0.3) is 5.91 Å². The van der Waals surface area contributed by atoms with Crippen molar-refractivity contribution < 1.29 is 22.8 Å². The van der Waals surface area contributed by atoms with Crippen LogP contribution >= 0.6 is 0 Å². The fourth-order valence-electron chi connectivity index (χ4n) is 4.30. The summed E-state index contributed by atoms with van der Waals surface area (Å²) in [5.74, 6) is -1.18. The topological polar surface area (TPSA) is 79.5 Å². The van der Waals surface area contributed by atoms with Crippen molar-refractivity contribution in [2.75, 3.05) is 31.1 Å². The molecule has 164 valence electrons. The van der Waals surface area contributed by atoms with Crippen LogP contribution in [0.1, 0.15) is 44.5 Å². The first kappa shape index (κ1) is 20.3. The molecule has 1 atom stereocenters. The minimum atomic E-state index is -0.663. The van der Waals surface area contributed by atoms with Crippen molar-refractivity contribution in [2.45, 2.75) is 18.8 Å². The summed E-state index contributed by atoms with van der Waals surface area (Å²) in [6.07, 6.45) is 3.56. The summed E-state index contributed by atoms with van der Waals surface area (Å²) in [5, 5.41) is 0. The fourth-order valence-corrected chi connectivity index (χ4v) is 4.30. The van der Waals surface area contributed by atoms with Crippen molar-refractivity contribution in [3.63, 3.8) is 0 Å². The summed E-state index contributed by atoms with van der Waals surface area (Å²) in [5.41, 5.74) is 1.48. The minimum absolute atomic E-state index is 0.138. The number of anilines is 1. The van der Waals surface area contributed by atoms with Gasteiger partial charge in [-0.1, -0.05) is 0 Å². The monoisotopic (exact) mass is 438 g/mol. The van der Waals surface area contributed by atoms with Crippen LogP contribution in [0.3, 0.4) is 0 Å². The van der Waals surface area contributed by atoms with Gasteiger partial charge in [0.05, 0.1) is 17.5 Å². The Labute approximate surface area is 182 Å². The largest absolute Gasteiger partial charge is 0.459 e. The Balaban J connectivity index is 1.32. The summed E-state index contributed by atoms with van der Waals surface area (Å²) in [6.45, 7) is 2.06. The molecule has 3 heterocycles. The normalized spacial score (nSPS) is 18.6. The van der Waals surface area contributed by atoms with Crippen LogP contribution in [-0.2, 0) is 6.42 Å². The minimum Gasteiger partial charge on any atom is -0.459 e. The Kier molecular flexibility index (Phi) is 5.16. The van der Waals surface area contributed by atoms with Crippen molar-refractivity contribution >= 4 is 17.6 Å². The molecule has 7 nitrogen and oxygen atoms in total. The summed E-state index contributed by atoms with van der Waals surface area (Å²) < 4.78 is 32.5. The molecule has 0 bridgehead atoms. The molecule has 9 heteroatoms. The van der Waals surface area contributed by atoms with E-state index in [0.717, 1.165) is 6.07 Å². The average molecular weight is 438 g/mol. The lowest BCUT2D eigenvalue weighted by atomic mass is 9.82. The van der Waals surface area contributed by atoms with Crippen molar-refractivity contribution in [3.05, 3.63) is 77.0 Å². The van der Waals surface area contributed by atoms with E-state index >= 15 is 0 Å². The van der Waals surface area contributed by atoms with Gasteiger partial charge in [-0.2, -0.15) is 0 Å². The number of halogens is 2. The maximum absolute atomic E-state index is 13.7. The molecular formula is C23H20F2N4O3. The van der Waals surface area contributed by atoms with E-state index in [-0.39, 0.29) is 24.0 Å². The average Bonchev–Trinajstić information content (AvgIpc) is 3.33. The predicted octanol–water partition coefficient (Wildman–Crippen LogP) is 3.22. The molecular weight excluding hydrogens is 418 g/mol. The van der Waals surface area contributed by atoms with Gasteiger partial charge in [0.15, 0.2) is 11.5 Å². The van der Waals surface area contributed by atoms with Crippen LogP contribution in [0.25, 0.3) is 0 Å². The lowest BCUT2D eigenvalue weighted by Gasteiger charge is -2.34. The molecule has 3 aromatic rings. The lowest BCUT2D eigenvalue weighted by Crippen LogP contribution is -2.49. The Bertz CT molecular complexity index is 1150. The molecule has 1 aliphatic heterocycles. The van der Waals surface area contributed by atoms with Crippen LogP contribution in [0.2, 0.25) is 0 Å². The Morgan fingerprint density at radius 1 is 1.06 bits per heavy atom. The van der Waals surface area contributed by atoms with Crippen LogP contribution in [0, 0.1) is 11.6 Å². The molecule has 2 aromatic heterocycles. The van der Waals surface area contributed by atoms with Gasteiger partial charge in [0, 0.05) is 44.9 Å². The van der Waals surface area contributed by atoms with Crippen molar-refractivity contribution in [1.29, 1.82) is 0 Å². The number of aromatic nitrogens is 2. The van der Waals surface area contributed by atoms with Crippen LogP contribution in [-0.4, -0.2) is 52.7 Å². The van der Waals surface area contributed by atoms with Gasteiger partial charge in [-0.05, 0) is 42.2 Å². The van der Waals surface area contributed by atoms with Crippen LogP contribution in [0.15, 0.2) is 47.2 Å². The summed E-state index contributed by atoms with van der Waals surface area (Å²) in [7, 11) is 0.